The first kappa shape index (κ1) is 25.3. The number of thioether (sulfide) groups is 1. The van der Waals surface area contributed by atoms with Gasteiger partial charge in [0.2, 0.25) is 11.8 Å². The maximum atomic E-state index is 12.6. The van der Waals surface area contributed by atoms with Crippen LogP contribution in [0.1, 0.15) is 41.2 Å². The van der Waals surface area contributed by atoms with Gasteiger partial charge in [-0.1, -0.05) is 12.1 Å². The number of ether oxygens (including phenoxy) is 1. The summed E-state index contributed by atoms with van der Waals surface area (Å²) in [5, 5.41) is 2.84. The van der Waals surface area contributed by atoms with Gasteiger partial charge in [-0.2, -0.15) is 0 Å². The first-order valence-electron chi connectivity index (χ1n) is 10.5. The van der Waals surface area contributed by atoms with Crippen LogP contribution < -0.4 is 5.32 Å². The average Bonchev–Trinajstić information content (AvgIpc) is 3.01. The minimum absolute atomic E-state index is 0.0927. The van der Waals surface area contributed by atoms with Gasteiger partial charge in [-0.05, 0) is 52.2 Å². The van der Waals surface area contributed by atoms with Gasteiger partial charge in [-0.25, -0.2) is 4.79 Å². The van der Waals surface area contributed by atoms with E-state index in [-0.39, 0.29) is 25.0 Å². The summed E-state index contributed by atoms with van der Waals surface area (Å²) in [7, 11) is 1.56. The largest absolute Gasteiger partial charge is 0.462 e. The highest BCUT2D eigenvalue weighted by molar-refractivity contribution is 7.98. The molecule has 172 valence electrons. The molecule has 0 spiro atoms. The predicted molar refractivity (Wildman–Crippen MR) is 129 cm³/mol. The van der Waals surface area contributed by atoms with Gasteiger partial charge in [0.25, 0.3) is 0 Å². The second-order valence-electron chi connectivity index (χ2n) is 7.20. The molecule has 0 aliphatic rings. The number of anilines is 1. The second kappa shape index (κ2) is 11.6. The number of likely N-dealkylation sites (N-methyl/N-ethyl adjacent to an activating group) is 1. The minimum Gasteiger partial charge on any atom is -0.462 e. The van der Waals surface area contributed by atoms with E-state index >= 15 is 0 Å². The third kappa shape index (κ3) is 5.82. The van der Waals surface area contributed by atoms with E-state index in [4.69, 9.17) is 4.74 Å². The molecule has 2 aromatic rings. The van der Waals surface area contributed by atoms with Crippen molar-refractivity contribution in [2.24, 2.45) is 0 Å². The standard InChI is InChI=1S/C24H31N3O4S/c1-7-27-16(3)18(23(17(27)4)24(30)31-8-2)13-14-22(29)26(5)15-21(28)25-19-11-9-10-12-20(19)32-6/h9-14H,7-8,15H2,1-6H3,(H,25,28)/b14-13+. The molecule has 2 amide bonds. The number of aromatic nitrogens is 1. The van der Waals surface area contributed by atoms with E-state index in [0.717, 1.165) is 16.3 Å². The number of benzene rings is 1. The van der Waals surface area contributed by atoms with E-state index < -0.39 is 5.97 Å². The number of nitrogens with zero attached hydrogens (tertiary/aromatic N) is 2. The molecule has 32 heavy (non-hydrogen) atoms. The van der Waals surface area contributed by atoms with Crippen LogP contribution in [0.2, 0.25) is 0 Å². The normalized spacial score (nSPS) is 10.9. The van der Waals surface area contributed by atoms with Gasteiger partial charge < -0.3 is 19.5 Å². The van der Waals surface area contributed by atoms with Gasteiger partial charge in [0, 0.05) is 41.5 Å². The molecule has 0 aliphatic carbocycles. The first-order valence-corrected chi connectivity index (χ1v) is 11.7. The third-order valence-electron chi connectivity index (χ3n) is 5.16. The van der Waals surface area contributed by atoms with E-state index in [1.807, 2.05) is 55.9 Å². The van der Waals surface area contributed by atoms with Crippen LogP contribution in [-0.2, 0) is 20.9 Å². The topological polar surface area (TPSA) is 80.6 Å². The van der Waals surface area contributed by atoms with Gasteiger partial charge in [0.1, 0.15) is 0 Å². The number of hydrogen-bond acceptors (Lipinski definition) is 5. The van der Waals surface area contributed by atoms with E-state index in [9.17, 15) is 14.4 Å². The van der Waals surface area contributed by atoms with E-state index in [2.05, 4.69) is 5.32 Å². The molecule has 0 aliphatic heterocycles. The van der Waals surface area contributed by atoms with Crippen LogP contribution in [0.15, 0.2) is 35.2 Å². The zero-order valence-corrected chi connectivity index (χ0v) is 20.3. The summed E-state index contributed by atoms with van der Waals surface area (Å²) in [6.07, 6.45) is 4.94. The molecule has 2 rings (SSSR count). The second-order valence-corrected chi connectivity index (χ2v) is 8.05. The highest BCUT2D eigenvalue weighted by atomic mass is 32.2. The maximum Gasteiger partial charge on any atom is 0.340 e. The fourth-order valence-corrected chi connectivity index (χ4v) is 4.11. The van der Waals surface area contributed by atoms with Crippen LogP contribution in [0.3, 0.4) is 0 Å². The van der Waals surface area contributed by atoms with Crippen LogP contribution in [0.5, 0.6) is 0 Å². The SMILES string of the molecule is CCOC(=O)c1c(/C=C/C(=O)N(C)CC(=O)Nc2ccccc2SC)c(C)n(CC)c1C. The monoisotopic (exact) mass is 457 g/mol. The summed E-state index contributed by atoms with van der Waals surface area (Å²) in [4.78, 5) is 39.8. The molecular weight excluding hydrogens is 426 g/mol. The van der Waals surface area contributed by atoms with Gasteiger partial charge >= 0.3 is 5.97 Å². The van der Waals surface area contributed by atoms with Crippen molar-refractivity contribution in [3.05, 3.63) is 52.9 Å². The lowest BCUT2D eigenvalue weighted by atomic mass is 10.1. The molecule has 1 aromatic carbocycles. The number of para-hydroxylation sites is 1. The third-order valence-corrected chi connectivity index (χ3v) is 5.95. The van der Waals surface area contributed by atoms with Crippen molar-refractivity contribution < 1.29 is 19.1 Å². The summed E-state index contributed by atoms with van der Waals surface area (Å²) in [6.45, 7) is 8.40. The Morgan fingerprint density at radius 1 is 1.16 bits per heavy atom. The first-order chi connectivity index (χ1) is 15.2. The fourth-order valence-electron chi connectivity index (χ4n) is 3.56. The van der Waals surface area contributed by atoms with Crippen LogP contribution in [0.25, 0.3) is 6.08 Å². The zero-order valence-electron chi connectivity index (χ0n) is 19.5. The molecule has 1 heterocycles. The van der Waals surface area contributed by atoms with Gasteiger partial charge in [0.15, 0.2) is 0 Å². The Kier molecular flexibility index (Phi) is 9.13. The number of carbonyl (C=O) groups excluding carboxylic acids is 3. The summed E-state index contributed by atoms with van der Waals surface area (Å²) in [5.74, 6) is -1.03. The lowest BCUT2D eigenvalue weighted by molar-refractivity contribution is -0.129. The van der Waals surface area contributed by atoms with Crippen molar-refractivity contribution in [2.75, 3.05) is 31.8 Å². The summed E-state index contributed by atoms with van der Waals surface area (Å²) in [6, 6.07) is 7.50. The van der Waals surface area contributed by atoms with Crippen LogP contribution >= 0.6 is 11.8 Å². The highest BCUT2D eigenvalue weighted by Gasteiger charge is 2.22. The van der Waals surface area contributed by atoms with Crippen molar-refractivity contribution in [3.63, 3.8) is 0 Å². The Bertz CT molecular complexity index is 1030. The molecule has 0 saturated heterocycles. The Morgan fingerprint density at radius 3 is 2.47 bits per heavy atom. The highest BCUT2D eigenvalue weighted by Crippen LogP contribution is 2.26. The lowest BCUT2D eigenvalue weighted by Gasteiger charge is -2.16. The average molecular weight is 458 g/mol. The summed E-state index contributed by atoms with van der Waals surface area (Å²) >= 11 is 1.54. The lowest BCUT2D eigenvalue weighted by Crippen LogP contribution is -2.34. The van der Waals surface area contributed by atoms with E-state index in [1.165, 1.54) is 22.7 Å². The number of amides is 2. The smallest absolute Gasteiger partial charge is 0.340 e. The maximum absolute atomic E-state index is 12.6. The van der Waals surface area contributed by atoms with Crippen molar-refractivity contribution in [1.29, 1.82) is 0 Å². The van der Waals surface area contributed by atoms with Crippen LogP contribution in [0.4, 0.5) is 5.69 Å². The Labute approximate surface area is 193 Å². The number of rotatable bonds is 9. The minimum atomic E-state index is -0.410. The molecule has 8 heteroatoms. The van der Waals surface area contributed by atoms with Crippen molar-refractivity contribution in [2.45, 2.75) is 39.1 Å². The molecular formula is C24H31N3O4S. The Morgan fingerprint density at radius 2 is 1.84 bits per heavy atom. The fraction of sp³-hybridized carbons (Fsp3) is 0.375. The molecule has 0 atom stereocenters. The number of hydrogen-bond donors (Lipinski definition) is 1. The molecule has 0 radical (unpaired) electrons. The predicted octanol–water partition coefficient (Wildman–Crippen LogP) is 4.13. The van der Waals surface area contributed by atoms with Crippen molar-refractivity contribution in [1.82, 2.24) is 9.47 Å². The number of nitrogens with one attached hydrogen (secondary N) is 1. The Balaban J connectivity index is 2.15. The molecule has 0 bridgehead atoms. The summed E-state index contributed by atoms with van der Waals surface area (Å²) < 4.78 is 7.22. The molecule has 1 N–H and O–H groups in total. The summed E-state index contributed by atoms with van der Waals surface area (Å²) in [5.41, 5.74) is 3.52. The number of carbonyl (C=O) groups is 3. The zero-order chi connectivity index (χ0) is 23.8. The molecule has 7 nitrogen and oxygen atoms in total. The van der Waals surface area contributed by atoms with E-state index in [1.54, 1.807) is 20.0 Å². The Hall–Kier alpha value is -3.00. The van der Waals surface area contributed by atoms with Crippen molar-refractivity contribution >= 4 is 41.3 Å². The van der Waals surface area contributed by atoms with E-state index in [0.29, 0.717) is 23.4 Å². The molecule has 1 aromatic heterocycles. The van der Waals surface area contributed by atoms with Crippen LogP contribution in [0, 0.1) is 13.8 Å². The van der Waals surface area contributed by atoms with Gasteiger partial charge in [-0.15, -0.1) is 11.8 Å². The molecule has 0 saturated carbocycles. The quantitative estimate of drug-likeness (QED) is 0.348. The van der Waals surface area contributed by atoms with Crippen molar-refractivity contribution in [3.8, 4) is 0 Å². The van der Waals surface area contributed by atoms with Gasteiger partial charge in [-0.3, -0.25) is 9.59 Å². The van der Waals surface area contributed by atoms with Gasteiger partial charge in [0.05, 0.1) is 24.4 Å². The van der Waals surface area contributed by atoms with Crippen LogP contribution in [-0.4, -0.2) is 53.7 Å². The molecule has 0 unspecified atom stereocenters. The number of esters is 1. The molecule has 0 fully saturated rings.